The number of carbonyl (C=O) groups excluding carboxylic acids is 1. The van der Waals surface area contributed by atoms with Gasteiger partial charge in [0.15, 0.2) is 5.82 Å². The van der Waals surface area contributed by atoms with E-state index in [4.69, 9.17) is 0 Å². The van der Waals surface area contributed by atoms with Crippen molar-refractivity contribution >= 4 is 5.91 Å². The van der Waals surface area contributed by atoms with Gasteiger partial charge in [-0.25, -0.2) is 4.98 Å². The smallest absolute Gasteiger partial charge is 0.339 e. The Hall–Kier alpha value is -2.45. The average molecular weight is 353 g/mol. The molecule has 2 aromatic heterocycles. The van der Waals surface area contributed by atoms with E-state index in [9.17, 15) is 18.0 Å². The van der Waals surface area contributed by atoms with Gasteiger partial charge in [-0.15, -0.1) is 0 Å². The molecule has 1 aliphatic heterocycles. The van der Waals surface area contributed by atoms with Crippen LogP contribution in [0.5, 0.6) is 0 Å². The highest BCUT2D eigenvalue weighted by Gasteiger charge is 2.37. The summed E-state index contributed by atoms with van der Waals surface area (Å²) in [6.07, 6.45) is -0.701. The molecule has 0 saturated carbocycles. The van der Waals surface area contributed by atoms with E-state index in [-0.39, 0.29) is 11.5 Å². The van der Waals surface area contributed by atoms with Gasteiger partial charge in [0.25, 0.3) is 5.91 Å². The highest BCUT2D eigenvalue weighted by molar-refractivity contribution is 5.95. The molecule has 3 heterocycles. The normalized spacial score (nSPS) is 16.2. The van der Waals surface area contributed by atoms with E-state index in [0.29, 0.717) is 38.0 Å². The number of nitrogens with one attached hydrogen (secondary N) is 1. The topological polar surface area (TPSA) is 74.8 Å². The molecule has 0 bridgehead atoms. The number of rotatable bonds is 3. The lowest BCUT2D eigenvalue weighted by Crippen LogP contribution is -2.39. The summed E-state index contributed by atoms with van der Waals surface area (Å²) in [7, 11) is 0. The molecule has 1 saturated heterocycles. The minimum Gasteiger partial charge on any atom is -0.339 e. The van der Waals surface area contributed by atoms with Crippen molar-refractivity contribution in [1.29, 1.82) is 0 Å². The van der Waals surface area contributed by atoms with Crippen LogP contribution in [-0.4, -0.2) is 44.1 Å². The molecule has 134 valence electrons. The van der Waals surface area contributed by atoms with Gasteiger partial charge < -0.3 is 4.90 Å². The van der Waals surface area contributed by atoms with Crippen molar-refractivity contribution in [2.24, 2.45) is 0 Å². The summed E-state index contributed by atoms with van der Waals surface area (Å²) in [4.78, 5) is 21.9. The molecule has 1 aliphatic rings. The zero-order valence-electron chi connectivity index (χ0n) is 13.7. The van der Waals surface area contributed by atoms with Crippen LogP contribution in [0, 0.1) is 0 Å². The number of halogens is 3. The van der Waals surface area contributed by atoms with Gasteiger partial charge in [0, 0.05) is 37.8 Å². The van der Waals surface area contributed by atoms with Crippen LogP contribution in [0.15, 0.2) is 18.5 Å². The van der Waals surface area contributed by atoms with E-state index in [1.165, 1.54) is 11.1 Å². The third-order valence-corrected chi connectivity index (χ3v) is 4.39. The fourth-order valence-corrected chi connectivity index (χ4v) is 2.97. The van der Waals surface area contributed by atoms with Gasteiger partial charge in [0.2, 0.25) is 0 Å². The first-order valence-electron chi connectivity index (χ1n) is 8.11. The quantitative estimate of drug-likeness (QED) is 0.921. The second-order valence-electron chi connectivity index (χ2n) is 5.98. The summed E-state index contributed by atoms with van der Waals surface area (Å²) < 4.78 is 39.2. The van der Waals surface area contributed by atoms with Crippen LogP contribution >= 0.6 is 0 Å². The van der Waals surface area contributed by atoms with Crippen molar-refractivity contribution in [2.75, 3.05) is 13.1 Å². The van der Waals surface area contributed by atoms with Crippen molar-refractivity contribution in [1.82, 2.24) is 25.1 Å². The molecule has 0 radical (unpaired) electrons. The maximum Gasteiger partial charge on any atom is 0.418 e. The Balaban J connectivity index is 1.70. The van der Waals surface area contributed by atoms with Crippen LogP contribution in [0.25, 0.3) is 0 Å². The fraction of sp³-hybridized carbons (Fsp3) is 0.500. The minimum absolute atomic E-state index is 0.111. The molecule has 0 aromatic carbocycles. The van der Waals surface area contributed by atoms with Gasteiger partial charge in [-0.3, -0.25) is 14.9 Å². The maximum absolute atomic E-state index is 13.1. The number of alkyl halides is 3. The maximum atomic E-state index is 13.1. The number of aromatic amines is 1. The SMILES string of the molecule is CCc1nc(C2CCN(C(=O)c3ccncc3C(F)(F)F)CC2)n[nH]1. The van der Waals surface area contributed by atoms with E-state index in [1.807, 2.05) is 6.92 Å². The molecule has 0 unspecified atom stereocenters. The molecule has 3 rings (SSSR count). The number of likely N-dealkylation sites (tertiary alicyclic amines) is 1. The number of piperidine rings is 1. The van der Waals surface area contributed by atoms with Crippen LogP contribution in [0.1, 0.15) is 53.3 Å². The molecule has 1 N–H and O–H groups in total. The Morgan fingerprint density at radius 3 is 2.68 bits per heavy atom. The summed E-state index contributed by atoms with van der Waals surface area (Å²) in [6, 6.07) is 1.13. The number of hydrogen-bond acceptors (Lipinski definition) is 4. The van der Waals surface area contributed by atoms with Crippen molar-refractivity contribution in [3.63, 3.8) is 0 Å². The number of H-pyrrole nitrogens is 1. The second kappa shape index (κ2) is 6.81. The summed E-state index contributed by atoms with van der Waals surface area (Å²) in [5.74, 6) is 1.02. The number of amides is 1. The van der Waals surface area contributed by atoms with Crippen LogP contribution < -0.4 is 0 Å². The predicted molar refractivity (Wildman–Crippen MR) is 82.9 cm³/mol. The lowest BCUT2D eigenvalue weighted by molar-refractivity contribution is -0.138. The van der Waals surface area contributed by atoms with E-state index < -0.39 is 17.6 Å². The largest absolute Gasteiger partial charge is 0.418 e. The average Bonchev–Trinajstić information content (AvgIpc) is 3.10. The van der Waals surface area contributed by atoms with Gasteiger partial charge in [-0.2, -0.15) is 18.3 Å². The molecule has 1 fully saturated rings. The summed E-state index contributed by atoms with van der Waals surface area (Å²) in [5, 5.41) is 7.05. The summed E-state index contributed by atoms with van der Waals surface area (Å²) >= 11 is 0. The van der Waals surface area contributed by atoms with Crippen molar-refractivity contribution in [2.45, 2.75) is 38.3 Å². The van der Waals surface area contributed by atoms with Gasteiger partial charge in [-0.05, 0) is 18.9 Å². The zero-order valence-corrected chi connectivity index (χ0v) is 13.7. The highest BCUT2D eigenvalue weighted by atomic mass is 19.4. The predicted octanol–water partition coefficient (Wildman–Crippen LogP) is 2.80. The molecule has 9 heteroatoms. The number of aryl methyl sites for hydroxylation is 1. The van der Waals surface area contributed by atoms with E-state index >= 15 is 0 Å². The van der Waals surface area contributed by atoms with E-state index in [1.54, 1.807) is 0 Å². The molecule has 2 aromatic rings. The molecular formula is C16H18F3N5O. The highest BCUT2D eigenvalue weighted by Crippen LogP contribution is 2.33. The Kier molecular flexibility index (Phi) is 4.73. The second-order valence-corrected chi connectivity index (χ2v) is 5.98. The summed E-state index contributed by atoms with van der Waals surface area (Å²) in [5.41, 5.74) is -1.35. The van der Waals surface area contributed by atoms with Gasteiger partial charge in [0.1, 0.15) is 5.82 Å². The van der Waals surface area contributed by atoms with Crippen molar-refractivity contribution in [3.8, 4) is 0 Å². The number of hydrogen-bond donors (Lipinski definition) is 1. The Morgan fingerprint density at radius 1 is 1.36 bits per heavy atom. The Bertz CT molecular complexity index is 750. The first-order chi connectivity index (χ1) is 11.9. The number of pyridine rings is 1. The summed E-state index contributed by atoms with van der Waals surface area (Å²) in [6.45, 7) is 2.72. The fourth-order valence-electron chi connectivity index (χ4n) is 2.97. The van der Waals surface area contributed by atoms with Crippen LogP contribution in [0.4, 0.5) is 13.2 Å². The standard InChI is InChI=1S/C16H18F3N5O/c1-2-13-21-14(23-22-13)10-4-7-24(8-5-10)15(25)11-3-6-20-9-12(11)16(17,18)19/h3,6,9-10H,2,4-5,7-8H2,1H3,(H,21,22,23). The molecule has 0 atom stereocenters. The molecule has 25 heavy (non-hydrogen) atoms. The molecule has 6 nitrogen and oxygen atoms in total. The monoisotopic (exact) mass is 353 g/mol. The minimum atomic E-state index is -4.60. The number of aromatic nitrogens is 4. The van der Waals surface area contributed by atoms with E-state index in [0.717, 1.165) is 18.3 Å². The molecule has 0 aliphatic carbocycles. The zero-order chi connectivity index (χ0) is 18.0. The third-order valence-electron chi connectivity index (χ3n) is 4.39. The molecular weight excluding hydrogens is 335 g/mol. The lowest BCUT2D eigenvalue weighted by Gasteiger charge is -2.31. The number of carbonyl (C=O) groups is 1. The van der Waals surface area contributed by atoms with Gasteiger partial charge >= 0.3 is 6.18 Å². The Labute approximate surface area is 142 Å². The van der Waals surface area contributed by atoms with Gasteiger partial charge in [0.05, 0.1) is 11.1 Å². The first-order valence-corrected chi connectivity index (χ1v) is 8.11. The van der Waals surface area contributed by atoms with Crippen molar-refractivity contribution in [3.05, 3.63) is 41.2 Å². The van der Waals surface area contributed by atoms with Crippen LogP contribution in [-0.2, 0) is 12.6 Å². The van der Waals surface area contributed by atoms with Crippen molar-refractivity contribution < 1.29 is 18.0 Å². The van der Waals surface area contributed by atoms with Gasteiger partial charge in [-0.1, -0.05) is 6.92 Å². The molecule has 0 spiro atoms. The van der Waals surface area contributed by atoms with E-state index in [2.05, 4.69) is 20.2 Å². The van der Waals surface area contributed by atoms with Crippen LogP contribution in [0.3, 0.4) is 0 Å². The lowest BCUT2D eigenvalue weighted by atomic mass is 9.95. The third kappa shape index (κ3) is 3.64. The number of nitrogens with zero attached hydrogens (tertiary/aromatic N) is 4. The molecule has 1 amide bonds. The first kappa shape index (κ1) is 17.4. The van der Waals surface area contributed by atoms with Crippen LogP contribution in [0.2, 0.25) is 0 Å². The Morgan fingerprint density at radius 2 is 2.08 bits per heavy atom.